The lowest BCUT2D eigenvalue weighted by molar-refractivity contribution is -0.115. The Kier molecular flexibility index (Phi) is 6.40. The summed E-state index contributed by atoms with van der Waals surface area (Å²) in [6.07, 6.45) is 1.44. The van der Waals surface area contributed by atoms with Gasteiger partial charge in [0.1, 0.15) is 6.33 Å². The number of hydrogen-bond donors (Lipinski definition) is 2. The second-order valence-electron chi connectivity index (χ2n) is 6.19. The maximum absolute atomic E-state index is 13.8. The largest absolute Gasteiger partial charge is 0.326 e. The molecule has 0 aliphatic carbocycles. The van der Waals surface area contributed by atoms with E-state index in [1.165, 1.54) is 13.3 Å². The Morgan fingerprint density at radius 1 is 1.10 bits per heavy atom. The molecule has 0 bridgehead atoms. The fraction of sp³-hybridized carbons (Fsp3) is 0.158. The van der Waals surface area contributed by atoms with Crippen LogP contribution in [0.15, 0.2) is 47.9 Å². The van der Waals surface area contributed by atoms with Crippen LogP contribution >= 0.6 is 11.8 Å². The third-order valence-corrected chi connectivity index (χ3v) is 4.96. The lowest BCUT2D eigenvalue weighted by Gasteiger charge is -2.13. The molecular weight excluding hydrogens is 419 g/mol. The highest BCUT2D eigenvalue weighted by atomic mass is 32.2. The molecule has 2 aromatic carbocycles. The minimum Gasteiger partial charge on any atom is -0.326 e. The van der Waals surface area contributed by atoms with E-state index < -0.39 is 34.3 Å². The number of nitrogens with zero attached hydrogens (tertiary/aromatic N) is 3. The maximum Gasteiger partial charge on any atom is 0.237 e. The van der Waals surface area contributed by atoms with Gasteiger partial charge in [0.2, 0.25) is 11.8 Å². The van der Waals surface area contributed by atoms with Crippen LogP contribution in [-0.2, 0) is 9.59 Å². The van der Waals surface area contributed by atoms with E-state index in [2.05, 4.69) is 20.8 Å². The normalized spacial score (nSPS) is 11.8. The van der Waals surface area contributed by atoms with Crippen LogP contribution in [0.3, 0.4) is 0 Å². The van der Waals surface area contributed by atoms with E-state index in [9.17, 15) is 22.8 Å². The number of nitrogens with one attached hydrogen (secondary N) is 2. The van der Waals surface area contributed by atoms with E-state index >= 15 is 0 Å². The number of halogens is 3. The van der Waals surface area contributed by atoms with E-state index in [1.807, 2.05) is 0 Å². The molecule has 0 fully saturated rings. The number of amides is 2. The van der Waals surface area contributed by atoms with Crippen molar-refractivity contribution in [3.05, 3.63) is 60.2 Å². The predicted molar refractivity (Wildman–Crippen MR) is 106 cm³/mol. The van der Waals surface area contributed by atoms with Gasteiger partial charge in [0.25, 0.3) is 0 Å². The van der Waals surface area contributed by atoms with Crippen molar-refractivity contribution in [3.63, 3.8) is 0 Å². The Balaban J connectivity index is 1.75. The number of benzene rings is 2. The van der Waals surface area contributed by atoms with Gasteiger partial charge in [0.05, 0.1) is 16.6 Å². The first kappa shape index (κ1) is 21.4. The number of aromatic nitrogens is 3. The summed E-state index contributed by atoms with van der Waals surface area (Å²) < 4.78 is 41.8. The molecule has 1 unspecified atom stereocenters. The molecular formula is C19H16F3N5O2S. The minimum atomic E-state index is -1.66. The molecule has 11 heteroatoms. The molecule has 156 valence electrons. The van der Waals surface area contributed by atoms with E-state index in [-0.39, 0.29) is 5.91 Å². The van der Waals surface area contributed by atoms with Crippen LogP contribution in [0.5, 0.6) is 0 Å². The number of rotatable bonds is 6. The zero-order chi connectivity index (χ0) is 21.8. The van der Waals surface area contributed by atoms with Crippen LogP contribution < -0.4 is 10.6 Å². The van der Waals surface area contributed by atoms with Crippen molar-refractivity contribution in [3.8, 4) is 5.69 Å². The van der Waals surface area contributed by atoms with Gasteiger partial charge < -0.3 is 10.6 Å². The molecule has 0 radical (unpaired) electrons. The molecule has 30 heavy (non-hydrogen) atoms. The number of carbonyl (C=O) groups is 2. The molecule has 1 atom stereocenters. The summed E-state index contributed by atoms with van der Waals surface area (Å²) in [5.41, 5.74) is 0.757. The Labute approximate surface area is 173 Å². The lowest BCUT2D eigenvalue weighted by atomic mass is 10.2. The summed E-state index contributed by atoms with van der Waals surface area (Å²) in [6, 6.07) is 8.59. The van der Waals surface area contributed by atoms with E-state index in [0.717, 1.165) is 23.9 Å². The van der Waals surface area contributed by atoms with Crippen molar-refractivity contribution in [2.75, 3.05) is 10.6 Å². The quantitative estimate of drug-likeness (QED) is 0.455. The first-order valence-corrected chi connectivity index (χ1v) is 9.53. The lowest BCUT2D eigenvalue weighted by Crippen LogP contribution is -2.23. The van der Waals surface area contributed by atoms with Gasteiger partial charge in [-0.3, -0.25) is 14.2 Å². The van der Waals surface area contributed by atoms with Crippen LogP contribution in [0.4, 0.5) is 24.5 Å². The summed E-state index contributed by atoms with van der Waals surface area (Å²) in [4.78, 5) is 23.6. The molecule has 0 aliphatic heterocycles. The monoisotopic (exact) mass is 435 g/mol. The first-order valence-electron chi connectivity index (χ1n) is 8.65. The fourth-order valence-corrected chi connectivity index (χ4v) is 3.33. The van der Waals surface area contributed by atoms with Gasteiger partial charge in [-0.1, -0.05) is 17.8 Å². The van der Waals surface area contributed by atoms with Crippen LogP contribution in [0.25, 0.3) is 5.69 Å². The SMILES string of the molecule is CC(=O)Nc1cccc(-n2cnnc2SC(C)C(=O)Nc2ccc(F)c(F)c2F)c1. The third-order valence-electron chi connectivity index (χ3n) is 3.91. The average Bonchev–Trinajstić information content (AvgIpc) is 3.16. The van der Waals surface area contributed by atoms with Crippen molar-refractivity contribution in [2.24, 2.45) is 0 Å². The van der Waals surface area contributed by atoms with Crippen LogP contribution in [0.1, 0.15) is 13.8 Å². The summed E-state index contributed by atoms with van der Waals surface area (Å²) in [7, 11) is 0. The molecule has 0 saturated carbocycles. The minimum absolute atomic E-state index is 0.222. The van der Waals surface area contributed by atoms with Gasteiger partial charge in [-0.2, -0.15) is 0 Å². The first-order chi connectivity index (χ1) is 14.3. The highest BCUT2D eigenvalue weighted by Gasteiger charge is 2.21. The van der Waals surface area contributed by atoms with Crippen LogP contribution in [0, 0.1) is 17.5 Å². The van der Waals surface area contributed by atoms with Crippen molar-refractivity contribution in [1.82, 2.24) is 14.8 Å². The zero-order valence-electron chi connectivity index (χ0n) is 15.8. The van der Waals surface area contributed by atoms with Crippen LogP contribution in [-0.4, -0.2) is 31.8 Å². The van der Waals surface area contributed by atoms with Gasteiger partial charge in [-0.15, -0.1) is 10.2 Å². The van der Waals surface area contributed by atoms with Crippen LogP contribution in [0.2, 0.25) is 0 Å². The summed E-state index contributed by atoms with van der Waals surface area (Å²) in [5, 5.41) is 12.3. The summed E-state index contributed by atoms with van der Waals surface area (Å²) >= 11 is 1.03. The molecule has 2 N–H and O–H groups in total. The van der Waals surface area contributed by atoms with Crippen molar-refractivity contribution in [2.45, 2.75) is 24.3 Å². The molecule has 3 rings (SSSR count). The smallest absolute Gasteiger partial charge is 0.237 e. The van der Waals surface area contributed by atoms with E-state index in [4.69, 9.17) is 0 Å². The number of hydrogen-bond acceptors (Lipinski definition) is 5. The Morgan fingerprint density at radius 3 is 2.60 bits per heavy atom. The average molecular weight is 435 g/mol. The molecule has 7 nitrogen and oxygen atoms in total. The molecule has 1 aromatic heterocycles. The zero-order valence-corrected chi connectivity index (χ0v) is 16.6. The van der Waals surface area contributed by atoms with Gasteiger partial charge in [0.15, 0.2) is 22.6 Å². The van der Waals surface area contributed by atoms with Crippen molar-refractivity contribution >= 4 is 35.0 Å². The standard InChI is InChI=1S/C19H16F3N5O2S/c1-10(18(29)25-15-7-6-14(20)16(21)17(15)22)30-19-26-23-9-27(19)13-5-3-4-12(8-13)24-11(2)28/h3-10H,1-2H3,(H,24,28)(H,25,29). The van der Waals surface area contributed by atoms with E-state index in [1.54, 1.807) is 35.8 Å². The van der Waals surface area contributed by atoms with Crippen molar-refractivity contribution < 1.29 is 22.8 Å². The molecule has 0 spiro atoms. The highest BCUT2D eigenvalue weighted by Crippen LogP contribution is 2.27. The second kappa shape index (κ2) is 8.99. The molecule has 0 saturated heterocycles. The number of anilines is 2. The molecule has 1 heterocycles. The predicted octanol–water partition coefficient (Wildman–Crippen LogP) is 3.76. The Hall–Kier alpha value is -3.34. The molecule has 0 aliphatic rings. The fourth-order valence-electron chi connectivity index (χ4n) is 2.49. The maximum atomic E-state index is 13.8. The molecule has 2 amide bonds. The van der Waals surface area contributed by atoms with Gasteiger partial charge in [0, 0.05) is 12.6 Å². The summed E-state index contributed by atoms with van der Waals surface area (Å²) in [5.74, 6) is -5.33. The number of carbonyl (C=O) groups excluding carboxylic acids is 2. The number of thioether (sulfide) groups is 1. The van der Waals surface area contributed by atoms with E-state index in [0.29, 0.717) is 16.5 Å². The third kappa shape index (κ3) is 4.79. The van der Waals surface area contributed by atoms with Gasteiger partial charge in [-0.25, -0.2) is 13.2 Å². The topological polar surface area (TPSA) is 88.9 Å². The molecule has 3 aromatic rings. The summed E-state index contributed by atoms with van der Waals surface area (Å²) in [6.45, 7) is 2.94. The van der Waals surface area contributed by atoms with Gasteiger partial charge >= 0.3 is 0 Å². The van der Waals surface area contributed by atoms with Crippen molar-refractivity contribution in [1.29, 1.82) is 0 Å². The highest BCUT2D eigenvalue weighted by molar-refractivity contribution is 8.00. The Morgan fingerprint density at radius 2 is 1.87 bits per heavy atom. The second-order valence-corrected chi connectivity index (χ2v) is 7.50. The Bertz CT molecular complexity index is 1110. The van der Waals surface area contributed by atoms with Gasteiger partial charge in [-0.05, 0) is 37.3 Å².